The van der Waals surface area contributed by atoms with Gasteiger partial charge in [0, 0.05) is 53.9 Å². The SMILES string of the molecule is c1cncc(-c2nc(-c3cccnc3)c(-c3cccnc3)[nH]2)c1. The van der Waals surface area contributed by atoms with Crippen molar-refractivity contribution in [1.29, 1.82) is 0 Å². The summed E-state index contributed by atoms with van der Waals surface area (Å²) in [7, 11) is 0. The lowest BCUT2D eigenvalue weighted by Crippen LogP contribution is -1.85. The van der Waals surface area contributed by atoms with Gasteiger partial charge in [0.15, 0.2) is 0 Å². The average molecular weight is 299 g/mol. The molecule has 0 unspecified atom stereocenters. The van der Waals surface area contributed by atoms with Crippen LogP contribution in [-0.4, -0.2) is 24.9 Å². The van der Waals surface area contributed by atoms with Crippen LogP contribution in [0.15, 0.2) is 73.6 Å². The fraction of sp³-hybridized carbons (Fsp3) is 0. The summed E-state index contributed by atoms with van der Waals surface area (Å²) in [6.45, 7) is 0. The Morgan fingerprint density at radius 3 is 1.78 bits per heavy atom. The molecule has 0 amide bonds. The maximum atomic E-state index is 4.76. The summed E-state index contributed by atoms with van der Waals surface area (Å²) in [5, 5.41) is 0. The van der Waals surface area contributed by atoms with Crippen molar-refractivity contribution in [3.05, 3.63) is 73.6 Å². The van der Waals surface area contributed by atoms with Gasteiger partial charge >= 0.3 is 0 Å². The molecule has 4 aromatic heterocycles. The van der Waals surface area contributed by atoms with E-state index in [4.69, 9.17) is 4.98 Å². The quantitative estimate of drug-likeness (QED) is 0.627. The van der Waals surface area contributed by atoms with Crippen molar-refractivity contribution in [3.8, 4) is 33.9 Å². The van der Waals surface area contributed by atoms with Gasteiger partial charge in [0.25, 0.3) is 0 Å². The molecule has 110 valence electrons. The second-order valence-electron chi connectivity index (χ2n) is 5.03. The van der Waals surface area contributed by atoms with Crippen LogP contribution in [0.5, 0.6) is 0 Å². The molecule has 0 aliphatic rings. The highest BCUT2D eigenvalue weighted by molar-refractivity contribution is 5.80. The van der Waals surface area contributed by atoms with E-state index in [1.807, 2.05) is 48.8 Å². The van der Waals surface area contributed by atoms with Gasteiger partial charge in [0.1, 0.15) is 5.82 Å². The number of pyridine rings is 3. The third-order valence-corrected chi connectivity index (χ3v) is 3.52. The van der Waals surface area contributed by atoms with Crippen LogP contribution in [0.25, 0.3) is 33.9 Å². The van der Waals surface area contributed by atoms with Gasteiger partial charge in [0.05, 0.1) is 11.4 Å². The van der Waals surface area contributed by atoms with Gasteiger partial charge in [0.2, 0.25) is 0 Å². The minimum absolute atomic E-state index is 0.774. The molecule has 0 aliphatic heterocycles. The molecule has 5 nitrogen and oxygen atoms in total. The van der Waals surface area contributed by atoms with Gasteiger partial charge in [-0.25, -0.2) is 4.98 Å². The first kappa shape index (κ1) is 13.3. The van der Waals surface area contributed by atoms with Gasteiger partial charge in [-0.05, 0) is 36.4 Å². The number of aromatic amines is 1. The standard InChI is InChI=1S/C18H13N5/c1-4-13(10-19-7-1)16-17(14-5-2-8-20-11-14)23-18(22-16)15-6-3-9-21-12-15/h1-12H,(H,22,23). The maximum absolute atomic E-state index is 4.76. The van der Waals surface area contributed by atoms with Crippen molar-refractivity contribution < 1.29 is 0 Å². The second kappa shape index (κ2) is 5.81. The van der Waals surface area contributed by atoms with Gasteiger partial charge in [-0.3, -0.25) is 15.0 Å². The van der Waals surface area contributed by atoms with Crippen molar-refractivity contribution in [1.82, 2.24) is 24.9 Å². The van der Waals surface area contributed by atoms with E-state index in [0.29, 0.717) is 0 Å². The predicted octanol–water partition coefficient (Wildman–Crippen LogP) is 3.60. The van der Waals surface area contributed by atoms with E-state index in [1.54, 1.807) is 24.8 Å². The number of nitrogens with zero attached hydrogens (tertiary/aromatic N) is 4. The van der Waals surface area contributed by atoms with Crippen molar-refractivity contribution in [3.63, 3.8) is 0 Å². The van der Waals surface area contributed by atoms with E-state index < -0.39 is 0 Å². The Labute approximate surface area is 133 Å². The summed E-state index contributed by atoms with van der Waals surface area (Å²) in [5.41, 5.74) is 4.65. The summed E-state index contributed by atoms with van der Waals surface area (Å²) < 4.78 is 0. The minimum Gasteiger partial charge on any atom is -0.337 e. The highest BCUT2D eigenvalue weighted by Gasteiger charge is 2.15. The molecule has 5 heteroatoms. The molecule has 4 heterocycles. The smallest absolute Gasteiger partial charge is 0.140 e. The number of aromatic nitrogens is 5. The second-order valence-corrected chi connectivity index (χ2v) is 5.03. The molecule has 1 N–H and O–H groups in total. The Balaban J connectivity index is 1.91. The van der Waals surface area contributed by atoms with Gasteiger partial charge in [-0.1, -0.05) is 0 Å². The van der Waals surface area contributed by atoms with E-state index in [1.165, 1.54) is 0 Å². The summed E-state index contributed by atoms with van der Waals surface area (Å²) in [6, 6.07) is 11.7. The Morgan fingerprint density at radius 2 is 1.22 bits per heavy atom. The van der Waals surface area contributed by atoms with Crippen LogP contribution in [0.2, 0.25) is 0 Å². The summed E-state index contributed by atoms with van der Waals surface area (Å²) in [4.78, 5) is 20.7. The summed E-state index contributed by atoms with van der Waals surface area (Å²) >= 11 is 0. The number of hydrogen-bond acceptors (Lipinski definition) is 4. The Hall–Kier alpha value is -3.34. The lowest BCUT2D eigenvalue weighted by Gasteiger charge is -2.01. The summed E-state index contributed by atoms with van der Waals surface area (Å²) in [6.07, 6.45) is 10.7. The average Bonchev–Trinajstić information content (AvgIpc) is 3.09. The Kier molecular flexibility index (Phi) is 3.37. The molecule has 4 aromatic rings. The highest BCUT2D eigenvalue weighted by Crippen LogP contribution is 2.31. The van der Waals surface area contributed by atoms with Crippen molar-refractivity contribution >= 4 is 0 Å². The zero-order valence-corrected chi connectivity index (χ0v) is 12.2. The third kappa shape index (κ3) is 2.60. The topological polar surface area (TPSA) is 67.3 Å². The Bertz CT molecular complexity index is 845. The van der Waals surface area contributed by atoms with Crippen LogP contribution in [0, 0.1) is 0 Å². The lowest BCUT2D eigenvalue weighted by molar-refractivity contribution is 1.25. The zero-order valence-electron chi connectivity index (χ0n) is 12.2. The number of imidazole rings is 1. The molecular weight excluding hydrogens is 286 g/mol. The van der Waals surface area contributed by atoms with E-state index in [9.17, 15) is 0 Å². The van der Waals surface area contributed by atoms with E-state index >= 15 is 0 Å². The maximum Gasteiger partial charge on any atom is 0.140 e. The number of hydrogen-bond donors (Lipinski definition) is 1. The first-order chi connectivity index (χ1) is 11.4. The summed E-state index contributed by atoms with van der Waals surface area (Å²) in [5.74, 6) is 0.774. The van der Waals surface area contributed by atoms with E-state index in [-0.39, 0.29) is 0 Å². The number of nitrogens with one attached hydrogen (secondary N) is 1. The number of rotatable bonds is 3. The molecule has 4 rings (SSSR count). The fourth-order valence-corrected chi connectivity index (χ4v) is 2.44. The van der Waals surface area contributed by atoms with Crippen LogP contribution in [0.1, 0.15) is 0 Å². The lowest BCUT2D eigenvalue weighted by atomic mass is 10.1. The predicted molar refractivity (Wildman–Crippen MR) is 88.3 cm³/mol. The molecule has 0 aromatic carbocycles. The molecule has 0 atom stereocenters. The van der Waals surface area contributed by atoms with Crippen molar-refractivity contribution in [2.24, 2.45) is 0 Å². The molecule has 0 aliphatic carbocycles. The highest BCUT2D eigenvalue weighted by atomic mass is 14.9. The first-order valence-electron chi connectivity index (χ1n) is 7.23. The first-order valence-corrected chi connectivity index (χ1v) is 7.23. The normalized spacial score (nSPS) is 10.6. The van der Waals surface area contributed by atoms with Crippen LogP contribution < -0.4 is 0 Å². The van der Waals surface area contributed by atoms with Gasteiger partial charge in [-0.15, -0.1) is 0 Å². The monoisotopic (exact) mass is 299 g/mol. The fourth-order valence-electron chi connectivity index (χ4n) is 2.44. The molecule has 0 fully saturated rings. The van der Waals surface area contributed by atoms with Crippen LogP contribution in [-0.2, 0) is 0 Å². The van der Waals surface area contributed by atoms with Gasteiger partial charge < -0.3 is 4.98 Å². The molecular formula is C18H13N5. The minimum atomic E-state index is 0.774. The van der Waals surface area contributed by atoms with Crippen molar-refractivity contribution in [2.45, 2.75) is 0 Å². The molecule has 0 saturated carbocycles. The van der Waals surface area contributed by atoms with Crippen LogP contribution in [0.4, 0.5) is 0 Å². The van der Waals surface area contributed by atoms with E-state index in [0.717, 1.165) is 33.9 Å². The molecule has 0 saturated heterocycles. The molecule has 0 bridgehead atoms. The third-order valence-electron chi connectivity index (χ3n) is 3.52. The molecule has 23 heavy (non-hydrogen) atoms. The van der Waals surface area contributed by atoms with Crippen molar-refractivity contribution in [2.75, 3.05) is 0 Å². The molecule has 0 radical (unpaired) electrons. The zero-order chi connectivity index (χ0) is 15.5. The Morgan fingerprint density at radius 1 is 0.652 bits per heavy atom. The van der Waals surface area contributed by atoms with Crippen LogP contribution in [0.3, 0.4) is 0 Å². The largest absolute Gasteiger partial charge is 0.337 e. The van der Waals surface area contributed by atoms with Gasteiger partial charge in [-0.2, -0.15) is 0 Å². The van der Waals surface area contributed by atoms with E-state index in [2.05, 4.69) is 19.9 Å². The molecule has 0 spiro atoms. The van der Waals surface area contributed by atoms with Crippen LogP contribution >= 0.6 is 0 Å². The number of H-pyrrole nitrogens is 1.